The molecule has 3 aromatic rings. The SMILES string of the molecule is Cc1ccc(F)c(-c2nc3c(CN)cccc3n2C)c1F. The molecule has 1 heterocycles. The fourth-order valence-electron chi connectivity index (χ4n) is 2.52. The summed E-state index contributed by atoms with van der Waals surface area (Å²) in [5.41, 5.74) is 8.31. The van der Waals surface area contributed by atoms with Crippen LogP contribution in [0.4, 0.5) is 8.78 Å². The van der Waals surface area contributed by atoms with E-state index < -0.39 is 11.6 Å². The molecule has 3 rings (SSSR count). The Hall–Kier alpha value is -2.27. The van der Waals surface area contributed by atoms with Crippen molar-refractivity contribution >= 4 is 11.0 Å². The Balaban J connectivity index is 2.37. The maximum Gasteiger partial charge on any atom is 0.146 e. The maximum absolute atomic E-state index is 14.3. The van der Waals surface area contributed by atoms with Crippen molar-refractivity contribution in [3.63, 3.8) is 0 Å². The van der Waals surface area contributed by atoms with E-state index in [1.165, 1.54) is 12.1 Å². The van der Waals surface area contributed by atoms with E-state index in [-0.39, 0.29) is 11.4 Å². The molecule has 0 aliphatic rings. The molecule has 3 nitrogen and oxygen atoms in total. The molecule has 0 bridgehead atoms. The lowest BCUT2D eigenvalue weighted by Crippen LogP contribution is -1.99. The van der Waals surface area contributed by atoms with Crippen molar-refractivity contribution in [2.75, 3.05) is 0 Å². The van der Waals surface area contributed by atoms with Crippen molar-refractivity contribution in [1.29, 1.82) is 0 Å². The van der Waals surface area contributed by atoms with Gasteiger partial charge in [0.2, 0.25) is 0 Å². The number of nitrogens with two attached hydrogens (primary N) is 1. The van der Waals surface area contributed by atoms with Gasteiger partial charge in [-0.05, 0) is 30.2 Å². The molecule has 0 aliphatic carbocycles. The molecule has 0 atom stereocenters. The van der Waals surface area contributed by atoms with Gasteiger partial charge in [0, 0.05) is 13.6 Å². The van der Waals surface area contributed by atoms with Crippen LogP contribution in [0.3, 0.4) is 0 Å². The van der Waals surface area contributed by atoms with Crippen LogP contribution in [0.2, 0.25) is 0 Å². The van der Waals surface area contributed by atoms with E-state index in [0.29, 0.717) is 17.6 Å². The monoisotopic (exact) mass is 287 g/mol. The third-order valence-electron chi connectivity index (χ3n) is 3.72. The van der Waals surface area contributed by atoms with Crippen LogP contribution in [-0.4, -0.2) is 9.55 Å². The first-order valence-corrected chi connectivity index (χ1v) is 6.64. The minimum Gasteiger partial charge on any atom is -0.327 e. The number of benzene rings is 2. The molecule has 0 fully saturated rings. The predicted octanol–water partition coefficient (Wildman–Crippen LogP) is 3.29. The van der Waals surface area contributed by atoms with E-state index >= 15 is 0 Å². The number of fused-ring (bicyclic) bond motifs is 1. The summed E-state index contributed by atoms with van der Waals surface area (Å²) < 4.78 is 30.1. The van der Waals surface area contributed by atoms with Crippen molar-refractivity contribution in [2.24, 2.45) is 12.8 Å². The highest BCUT2D eigenvalue weighted by molar-refractivity contribution is 5.83. The van der Waals surface area contributed by atoms with Crippen molar-refractivity contribution in [3.05, 3.63) is 53.1 Å². The second-order valence-electron chi connectivity index (χ2n) is 5.04. The molecule has 0 amide bonds. The van der Waals surface area contributed by atoms with E-state index in [4.69, 9.17) is 5.73 Å². The largest absolute Gasteiger partial charge is 0.327 e. The Morgan fingerprint density at radius 2 is 1.95 bits per heavy atom. The number of para-hydroxylation sites is 1. The Bertz CT molecular complexity index is 837. The third-order valence-corrected chi connectivity index (χ3v) is 3.72. The van der Waals surface area contributed by atoms with Crippen LogP contribution in [0.5, 0.6) is 0 Å². The average molecular weight is 287 g/mol. The second kappa shape index (κ2) is 4.93. The molecule has 0 saturated heterocycles. The van der Waals surface area contributed by atoms with Gasteiger partial charge in [-0.25, -0.2) is 13.8 Å². The van der Waals surface area contributed by atoms with E-state index in [1.807, 2.05) is 18.2 Å². The highest BCUT2D eigenvalue weighted by atomic mass is 19.1. The number of nitrogens with zero attached hydrogens (tertiary/aromatic N) is 2. The Morgan fingerprint density at radius 3 is 2.67 bits per heavy atom. The molecule has 0 spiro atoms. The quantitative estimate of drug-likeness (QED) is 0.786. The lowest BCUT2D eigenvalue weighted by Gasteiger charge is -2.07. The number of halogens is 2. The summed E-state index contributed by atoms with van der Waals surface area (Å²) in [4.78, 5) is 4.42. The van der Waals surface area contributed by atoms with Gasteiger partial charge in [-0.15, -0.1) is 0 Å². The van der Waals surface area contributed by atoms with E-state index in [2.05, 4.69) is 4.98 Å². The van der Waals surface area contributed by atoms with Crippen LogP contribution < -0.4 is 5.73 Å². The van der Waals surface area contributed by atoms with Gasteiger partial charge >= 0.3 is 0 Å². The predicted molar refractivity (Wildman–Crippen MR) is 78.7 cm³/mol. The van der Waals surface area contributed by atoms with E-state index in [9.17, 15) is 8.78 Å². The average Bonchev–Trinajstić information content (AvgIpc) is 2.81. The highest BCUT2D eigenvalue weighted by Crippen LogP contribution is 2.30. The van der Waals surface area contributed by atoms with Gasteiger partial charge in [0.05, 0.1) is 16.6 Å². The molecule has 0 unspecified atom stereocenters. The summed E-state index contributed by atoms with van der Waals surface area (Å²) in [6.45, 7) is 1.93. The van der Waals surface area contributed by atoms with Gasteiger partial charge < -0.3 is 10.3 Å². The Labute approximate surface area is 121 Å². The summed E-state index contributed by atoms with van der Waals surface area (Å²) in [6, 6.07) is 8.26. The summed E-state index contributed by atoms with van der Waals surface area (Å²) >= 11 is 0. The molecule has 0 radical (unpaired) electrons. The Kier molecular flexibility index (Phi) is 3.22. The third kappa shape index (κ3) is 2.01. The van der Waals surface area contributed by atoms with Crippen LogP contribution in [-0.2, 0) is 13.6 Å². The van der Waals surface area contributed by atoms with Gasteiger partial charge in [-0.2, -0.15) is 0 Å². The van der Waals surface area contributed by atoms with Crippen LogP contribution >= 0.6 is 0 Å². The molecule has 108 valence electrons. The lowest BCUT2D eigenvalue weighted by atomic mass is 10.1. The van der Waals surface area contributed by atoms with E-state index in [1.54, 1.807) is 18.5 Å². The summed E-state index contributed by atoms with van der Waals surface area (Å²) in [5.74, 6) is -0.932. The first-order chi connectivity index (χ1) is 10.0. The van der Waals surface area contributed by atoms with Gasteiger partial charge in [0.15, 0.2) is 0 Å². The van der Waals surface area contributed by atoms with Crippen molar-refractivity contribution in [1.82, 2.24) is 9.55 Å². The standard InChI is InChI=1S/C16H15F2N3/c1-9-6-7-11(17)13(14(9)18)16-20-15-10(8-19)4-3-5-12(15)21(16)2/h3-7H,8,19H2,1-2H3. The van der Waals surface area contributed by atoms with Gasteiger partial charge in [0.1, 0.15) is 17.5 Å². The summed E-state index contributed by atoms with van der Waals surface area (Å²) in [5, 5.41) is 0. The molecule has 2 aromatic carbocycles. The lowest BCUT2D eigenvalue weighted by molar-refractivity contribution is 0.580. The molecule has 0 aliphatic heterocycles. The summed E-state index contributed by atoms with van der Waals surface area (Å²) in [6.07, 6.45) is 0. The van der Waals surface area contributed by atoms with Crippen molar-refractivity contribution in [3.8, 4) is 11.4 Å². The second-order valence-corrected chi connectivity index (χ2v) is 5.04. The molecule has 5 heteroatoms. The number of hydrogen-bond donors (Lipinski definition) is 1. The van der Waals surface area contributed by atoms with Gasteiger partial charge in [0.25, 0.3) is 0 Å². The zero-order valence-electron chi connectivity index (χ0n) is 11.8. The fraction of sp³-hybridized carbons (Fsp3) is 0.188. The first kappa shape index (κ1) is 13.7. The minimum absolute atomic E-state index is 0.100. The number of hydrogen-bond acceptors (Lipinski definition) is 2. The number of aromatic nitrogens is 2. The highest BCUT2D eigenvalue weighted by Gasteiger charge is 2.20. The molecule has 2 N–H and O–H groups in total. The minimum atomic E-state index is -0.620. The first-order valence-electron chi connectivity index (χ1n) is 6.64. The number of imidazole rings is 1. The zero-order valence-corrected chi connectivity index (χ0v) is 11.8. The van der Waals surface area contributed by atoms with Crippen LogP contribution in [0.25, 0.3) is 22.4 Å². The van der Waals surface area contributed by atoms with E-state index in [0.717, 1.165) is 11.1 Å². The topological polar surface area (TPSA) is 43.8 Å². The van der Waals surface area contributed by atoms with Crippen molar-refractivity contribution < 1.29 is 8.78 Å². The smallest absolute Gasteiger partial charge is 0.146 e. The number of rotatable bonds is 2. The molecular formula is C16H15F2N3. The Morgan fingerprint density at radius 1 is 1.19 bits per heavy atom. The maximum atomic E-state index is 14.3. The molecule has 21 heavy (non-hydrogen) atoms. The zero-order chi connectivity index (χ0) is 15.1. The van der Waals surface area contributed by atoms with Gasteiger partial charge in [-0.1, -0.05) is 18.2 Å². The molecule has 0 saturated carbocycles. The number of aryl methyl sites for hydroxylation is 2. The van der Waals surface area contributed by atoms with Crippen LogP contribution in [0.15, 0.2) is 30.3 Å². The van der Waals surface area contributed by atoms with Crippen molar-refractivity contribution in [2.45, 2.75) is 13.5 Å². The normalized spacial score (nSPS) is 11.3. The van der Waals surface area contributed by atoms with Crippen LogP contribution in [0, 0.1) is 18.6 Å². The van der Waals surface area contributed by atoms with Gasteiger partial charge in [-0.3, -0.25) is 0 Å². The fourth-order valence-corrected chi connectivity index (χ4v) is 2.52. The summed E-state index contributed by atoms with van der Waals surface area (Å²) in [7, 11) is 1.74. The molecular weight excluding hydrogens is 272 g/mol. The van der Waals surface area contributed by atoms with Crippen LogP contribution in [0.1, 0.15) is 11.1 Å². The molecule has 1 aromatic heterocycles.